The Kier molecular flexibility index (Phi) is 4.86. The average Bonchev–Trinajstić information content (AvgIpc) is 2.47. The van der Waals surface area contributed by atoms with Crippen LogP contribution >= 0.6 is 11.6 Å². The van der Waals surface area contributed by atoms with Crippen LogP contribution in [0.2, 0.25) is 5.02 Å². The highest BCUT2D eigenvalue weighted by Crippen LogP contribution is 2.23. The fourth-order valence-corrected chi connectivity index (χ4v) is 2.03. The molecule has 0 saturated heterocycles. The number of anilines is 1. The molecule has 2 aromatic rings. The Morgan fingerprint density at radius 2 is 2.05 bits per heavy atom. The summed E-state index contributed by atoms with van der Waals surface area (Å²) >= 11 is 6.09. The number of hydrogen-bond acceptors (Lipinski definition) is 3. The van der Waals surface area contributed by atoms with Crippen molar-refractivity contribution in [3.8, 4) is 11.8 Å². The predicted octanol–water partition coefficient (Wildman–Crippen LogP) is 4.16. The van der Waals surface area contributed by atoms with Crippen molar-refractivity contribution in [2.24, 2.45) is 0 Å². The topological polar surface area (TPSA) is 45.0 Å². The minimum absolute atomic E-state index is 0.0598. The van der Waals surface area contributed by atoms with E-state index in [9.17, 15) is 0 Å². The molecule has 4 heteroatoms. The molecule has 0 aliphatic carbocycles. The molecule has 0 saturated carbocycles. The molecule has 3 nitrogen and oxygen atoms in total. The van der Waals surface area contributed by atoms with Gasteiger partial charge >= 0.3 is 0 Å². The minimum Gasteiger partial charge on any atom is -0.479 e. The van der Waals surface area contributed by atoms with Gasteiger partial charge in [-0.2, -0.15) is 5.26 Å². The average molecular weight is 287 g/mol. The second-order valence-corrected chi connectivity index (χ2v) is 4.77. The highest BCUT2D eigenvalue weighted by Gasteiger charge is 2.02. The summed E-state index contributed by atoms with van der Waals surface area (Å²) in [7, 11) is 0. The standard InChI is InChI=1S/C16H15ClN2O/c1-12-15(17)6-3-7-16(12)19-11-13-4-2-5-14(10-13)20-9-8-18/h2-7,10,19H,9,11H2,1H3. The molecule has 2 rings (SSSR count). The van der Waals surface area contributed by atoms with Crippen LogP contribution in [0, 0.1) is 18.3 Å². The van der Waals surface area contributed by atoms with Crippen LogP contribution < -0.4 is 10.1 Å². The van der Waals surface area contributed by atoms with Gasteiger partial charge in [0.15, 0.2) is 6.61 Å². The van der Waals surface area contributed by atoms with Gasteiger partial charge < -0.3 is 10.1 Å². The molecule has 0 heterocycles. The second kappa shape index (κ2) is 6.83. The normalized spacial score (nSPS) is 9.85. The van der Waals surface area contributed by atoms with Crippen molar-refractivity contribution in [3.63, 3.8) is 0 Å². The van der Waals surface area contributed by atoms with E-state index in [1.807, 2.05) is 55.5 Å². The Morgan fingerprint density at radius 1 is 1.25 bits per heavy atom. The molecule has 0 aromatic heterocycles. The van der Waals surface area contributed by atoms with E-state index in [1.165, 1.54) is 0 Å². The molecule has 0 unspecified atom stereocenters. The van der Waals surface area contributed by atoms with Crippen molar-refractivity contribution in [1.29, 1.82) is 5.26 Å². The first kappa shape index (κ1) is 14.2. The van der Waals surface area contributed by atoms with Crippen molar-refractivity contribution in [3.05, 3.63) is 58.6 Å². The summed E-state index contributed by atoms with van der Waals surface area (Å²) in [5, 5.41) is 12.6. The Morgan fingerprint density at radius 3 is 2.85 bits per heavy atom. The van der Waals surface area contributed by atoms with E-state index in [4.69, 9.17) is 21.6 Å². The minimum atomic E-state index is 0.0598. The Bertz CT molecular complexity index is 635. The Balaban J connectivity index is 2.04. The molecule has 0 aliphatic heterocycles. The largest absolute Gasteiger partial charge is 0.479 e. The van der Waals surface area contributed by atoms with Gasteiger partial charge in [-0.1, -0.05) is 29.8 Å². The maximum absolute atomic E-state index is 8.51. The summed E-state index contributed by atoms with van der Waals surface area (Å²) in [6, 6.07) is 15.4. The zero-order valence-electron chi connectivity index (χ0n) is 11.2. The van der Waals surface area contributed by atoms with E-state index in [-0.39, 0.29) is 6.61 Å². The van der Waals surface area contributed by atoms with Gasteiger partial charge in [0.2, 0.25) is 0 Å². The fourth-order valence-electron chi connectivity index (χ4n) is 1.86. The first-order chi connectivity index (χ1) is 9.70. The predicted molar refractivity (Wildman–Crippen MR) is 81.1 cm³/mol. The highest BCUT2D eigenvalue weighted by molar-refractivity contribution is 6.31. The number of rotatable bonds is 5. The van der Waals surface area contributed by atoms with Gasteiger partial charge in [-0.15, -0.1) is 0 Å². The fraction of sp³-hybridized carbons (Fsp3) is 0.188. The molecule has 0 atom stereocenters. The molecular formula is C16H15ClN2O. The summed E-state index contributed by atoms with van der Waals surface area (Å²) in [5.41, 5.74) is 3.13. The molecule has 0 fully saturated rings. The monoisotopic (exact) mass is 286 g/mol. The number of ether oxygens (including phenoxy) is 1. The van der Waals surface area contributed by atoms with E-state index >= 15 is 0 Å². The number of nitrogens with zero attached hydrogens (tertiary/aromatic N) is 1. The molecule has 0 aliphatic rings. The van der Waals surface area contributed by atoms with Crippen LogP contribution in [0.1, 0.15) is 11.1 Å². The van der Waals surface area contributed by atoms with Crippen LogP contribution in [0.25, 0.3) is 0 Å². The molecule has 0 amide bonds. The SMILES string of the molecule is Cc1c(Cl)cccc1NCc1cccc(OCC#N)c1. The van der Waals surface area contributed by atoms with Gasteiger partial charge in [-0.3, -0.25) is 0 Å². The lowest BCUT2D eigenvalue weighted by atomic mass is 10.1. The molecular weight excluding hydrogens is 272 g/mol. The van der Waals surface area contributed by atoms with E-state index in [0.717, 1.165) is 21.8 Å². The summed E-state index contributed by atoms with van der Waals surface area (Å²) in [4.78, 5) is 0. The number of benzene rings is 2. The quantitative estimate of drug-likeness (QED) is 0.897. The van der Waals surface area contributed by atoms with E-state index in [1.54, 1.807) is 0 Å². The molecule has 1 N–H and O–H groups in total. The van der Waals surface area contributed by atoms with Crippen LogP contribution in [0.15, 0.2) is 42.5 Å². The van der Waals surface area contributed by atoms with Crippen LogP contribution in [-0.2, 0) is 6.54 Å². The van der Waals surface area contributed by atoms with Crippen molar-refractivity contribution >= 4 is 17.3 Å². The highest BCUT2D eigenvalue weighted by atomic mass is 35.5. The van der Waals surface area contributed by atoms with Gasteiger partial charge in [0.05, 0.1) is 0 Å². The summed E-state index contributed by atoms with van der Waals surface area (Å²) in [6.07, 6.45) is 0. The Hall–Kier alpha value is -2.18. The van der Waals surface area contributed by atoms with Gasteiger partial charge in [-0.25, -0.2) is 0 Å². The van der Waals surface area contributed by atoms with E-state index < -0.39 is 0 Å². The third-order valence-electron chi connectivity index (χ3n) is 2.95. The second-order valence-electron chi connectivity index (χ2n) is 4.36. The van der Waals surface area contributed by atoms with Crippen molar-refractivity contribution < 1.29 is 4.74 Å². The number of nitriles is 1. The van der Waals surface area contributed by atoms with Crippen molar-refractivity contribution in [1.82, 2.24) is 0 Å². The van der Waals surface area contributed by atoms with E-state index in [2.05, 4.69) is 5.32 Å². The zero-order valence-corrected chi connectivity index (χ0v) is 11.9. The number of hydrogen-bond donors (Lipinski definition) is 1. The molecule has 2 aromatic carbocycles. The third-order valence-corrected chi connectivity index (χ3v) is 3.36. The molecule has 0 bridgehead atoms. The van der Waals surface area contributed by atoms with Gasteiger partial charge in [-0.05, 0) is 42.3 Å². The van der Waals surface area contributed by atoms with Crippen LogP contribution in [-0.4, -0.2) is 6.61 Å². The first-order valence-corrected chi connectivity index (χ1v) is 6.66. The lowest BCUT2D eigenvalue weighted by Crippen LogP contribution is -2.02. The third kappa shape index (κ3) is 3.66. The van der Waals surface area contributed by atoms with Crippen LogP contribution in [0.4, 0.5) is 5.69 Å². The summed E-state index contributed by atoms with van der Waals surface area (Å²) in [5.74, 6) is 0.702. The summed E-state index contributed by atoms with van der Waals surface area (Å²) < 4.78 is 5.28. The van der Waals surface area contributed by atoms with E-state index in [0.29, 0.717) is 12.3 Å². The molecule has 102 valence electrons. The molecule has 0 radical (unpaired) electrons. The van der Waals surface area contributed by atoms with Gasteiger partial charge in [0.1, 0.15) is 11.8 Å². The maximum Gasteiger partial charge on any atom is 0.174 e. The van der Waals surface area contributed by atoms with Crippen molar-refractivity contribution in [2.45, 2.75) is 13.5 Å². The van der Waals surface area contributed by atoms with Crippen LogP contribution in [0.5, 0.6) is 5.75 Å². The molecule has 20 heavy (non-hydrogen) atoms. The smallest absolute Gasteiger partial charge is 0.174 e. The summed E-state index contributed by atoms with van der Waals surface area (Å²) in [6.45, 7) is 2.71. The maximum atomic E-state index is 8.51. The lowest BCUT2D eigenvalue weighted by Gasteiger charge is -2.11. The van der Waals surface area contributed by atoms with Gasteiger partial charge in [0, 0.05) is 17.3 Å². The first-order valence-electron chi connectivity index (χ1n) is 6.28. The Labute approximate surface area is 123 Å². The molecule has 0 spiro atoms. The van der Waals surface area contributed by atoms with Crippen LogP contribution in [0.3, 0.4) is 0 Å². The zero-order chi connectivity index (χ0) is 14.4. The van der Waals surface area contributed by atoms with Crippen molar-refractivity contribution in [2.75, 3.05) is 11.9 Å². The number of halogens is 1. The lowest BCUT2D eigenvalue weighted by molar-refractivity contribution is 0.368. The van der Waals surface area contributed by atoms with Gasteiger partial charge in [0.25, 0.3) is 0 Å². The number of nitrogens with one attached hydrogen (secondary N) is 1.